The van der Waals surface area contributed by atoms with Gasteiger partial charge in [0.2, 0.25) is 5.91 Å². The topological polar surface area (TPSA) is 90.6 Å². The number of aromatic amines is 1. The van der Waals surface area contributed by atoms with Crippen LogP contribution in [0.4, 0.5) is 15.8 Å². The number of hydrogen-bond donors (Lipinski definition) is 2. The van der Waals surface area contributed by atoms with Gasteiger partial charge in [-0.25, -0.2) is 9.37 Å². The first-order chi connectivity index (χ1) is 26.6. The quantitative estimate of drug-likeness (QED) is 0.168. The molecule has 2 saturated heterocycles. The maximum absolute atomic E-state index is 14.4. The lowest BCUT2D eigenvalue weighted by Gasteiger charge is -2.53. The largest absolute Gasteiger partial charge is 0.381 e. The number of allylic oxidation sites excluding steroid dienone is 4. The van der Waals surface area contributed by atoms with E-state index >= 15 is 0 Å². The maximum Gasteiger partial charge on any atom is 0.258 e. The Bertz CT molecular complexity index is 2220. The molecule has 6 heterocycles. The molecular formula is C45H50FN5O3S. The lowest BCUT2D eigenvalue weighted by molar-refractivity contribution is -0.114. The fraction of sp³-hybridized carbons (Fsp3) is 0.311. The number of pyridine rings is 1. The summed E-state index contributed by atoms with van der Waals surface area (Å²) in [6.45, 7) is 18.4. The van der Waals surface area contributed by atoms with E-state index in [4.69, 9.17) is 4.74 Å². The summed E-state index contributed by atoms with van der Waals surface area (Å²) in [5, 5.41) is 3.75. The number of likely N-dealkylation sites (tertiary alicyclic amines) is 1. The fourth-order valence-electron chi connectivity index (χ4n) is 7.19. The Hall–Kier alpha value is -5.32. The Morgan fingerprint density at radius 3 is 2.47 bits per heavy atom. The number of nitrogens with zero attached hydrogens (tertiary/aromatic N) is 3. The molecule has 1 spiro atoms. The predicted octanol–water partition coefficient (Wildman–Crippen LogP) is 10.4. The molecule has 0 radical (unpaired) electrons. The SMILES string of the molecule is C=C(/C=C\C(C)=C/C)N1CC2(CCOCC2)C1.CC.CC(=O)Nc1ccc(C(=O)N2CCc3cc(-c4c[nH]c5ncccc45)sc3-c3ccc(F)cc32)cc1. The van der Waals surface area contributed by atoms with E-state index in [1.165, 1.54) is 37.5 Å². The Labute approximate surface area is 327 Å². The van der Waals surface area contributed by atoms with Crippen LogP contribution in [0.3, 0.4) is 0 Å². The van der Waals surface area contributed by atoms with Crippen LogP contribution < -0.4 is 10.2 Å². The van der Waals surface area contributed by atoms with Crippen molar-refractivity contribution in [3.8, 4) is 20.9 Å². The van der Waals surface area contributed by atoms with Gasteiger partial charge in [0.05, 0.1) is 5.69 Å². The van der Waals surface area contributed by atoms with E-state index in [2.05, 4.69) is 64.9 Å². The number of ether oxygens (including phenoxy) is 1. The molecule has 2 amide bonds. The van der Waals surface area contributed by atoms with Crippen LogP contribution in [0.1, 0.15) is 63.4 Å². The highest BCUT2D eigenvalue weighted by Gasteiger charge is 2.43. The number of hydrogen-bond acceptors (Lipinski definition) is 6. The molecule has 55 heavy (non-hydrogen) atoms. The van der Waals surface area contributed by atoms with Crippen molar-refractivity contribution in [2.75, 3.05) is 43.1 Å². The van der Waals surface area contributed by atoms with Gasteiger partial charge in [-0.3, -0.25) is 9.59 Å². The van der Waals surface area contributed by atoms with Gasteiger partial charge in [0, 0.05) is 101 Å². The Balaban J connectivity index is 0.000000227. The van der Waals surface area contributed by atoms with Crippen LogP contribution in [-0.2, 0) is 16.0 Å². The highest BCUT2D eigenvalue weighted by molar-refractivity contribution is 7.19. The molecule has 0 bridgehead atoms. The van der Waals surface area contributed by atoms with Crippen LogP contribution in [-0.4, -0.2) is 59.5 Å². The van der Waals surface area contributed by atoms with Gasteiger partial charge in [0.15, 0.2) is 0 Å². The second kappa shape index (κ2) is 17.4. The molecule has 0 saturated carbocycles. The molecule has 0 atom stereocenters. The van der Waals surface area contributed by atoms with Crippen molar-refractivity contribution in [1.82, 2.24) is 14.9 Å². The van der Waals surface area contributed by atoms with E-state index < -0.39 is 5.82 Å². The van der Waals surface area contributed by atoms with Gasteiger partial charge in [-0.2, -0.15) is 0 Å². The van der Waals surface area contributed by atoms with E-state index in [9.17, 15) is 14.0 Å². The highest BCUT2D eigenvalue weighted by Crippen LogP contribution is 2.46. The Morgan fingerprint density at radius 1 is 1.02 bits per heavy atom. The van der Waals surface area contributed by atoms with Crippen molar-refractivity contribution in [2.45, 2.75) is 53.9 Å². The number of carbonyl (C=O) groups excluding carboxylic acids is 2. The maximum atomic E-state index is 14.4. The number of benzene rings is 2. The second-order valence-corrected chi connectivity index (χ2v) is 15.1. The van der Waals surface area contributed by atoms with Gasteiger partial charge in [-0.1, -0.05) is 38.2 Å². The van der Waals surface area contributed by atoms with Gasteiger partial charge >= 0.3 is 0 Å². The van der Waals surface area contributed by atoms with Crippen LogP contribution in [0, 0.1) is 11.2 Å². The zero-order chi connectivity index (χ0) is 39.1. The Morgan fingerprint density at radius 2 is 1.76 bits per heavy atom. The first-order valence-corrected chi connectivity index (χ1v) is 19.8. The van der Waals surface area contributed by atoms with E-state index in [0.717, 1.165) is 69.5 Å². The van der Waals surface area contributed by atoms with Crippen molar-refractivity contribution in [2.24, 2.45) is 5.41 Å². The number of rotatable bonds is 6. The number of amides is 2. The van der Waals surface area contributed by atoms with Crippen LogP contribution in [0.15, 0.2) is 109 Å². The lowest BCUT2D eigenvalue weighted by atomic mass is 9.73. The van der Waals surface area contributed by atoms with Crippen molar-refractivity contribution in [3.63, 3.8) is 0 Å². The molecule has 5 aromatic rings. The zero-order valence-corrected chi connectivity index (χ0v) is 33.2. The molecule has 3 aliphatic rings. The van der Waals surface area contributed by atoms with Crippen LogP contribution in [0.25, 0.3) is 31.9 Å². The van der Waals surface area contributed by atoms with Gasteiger partial charge in [0.1, 0.15) is 11.5 Å². The molecule has 3 aromatic heterocycles. The normalized spacial score (nSPS) is 15.9. The molecule has 0 unspecified atom stereocenters. The zero-order valence-electron chi connectivity index (χ0n) is 32.4. The molecule has 8 rings (SSSR count). The van der Waals surface area contributed by atoms with E-state index in [-0.39, 0.29) is 11.8 Å². The molecule has 3 aliphatic heterocycles. The third-order valence-electron chi connectivity index (χ3n) is 10.3. The first kappa shape index (κ1) is 39.4. The van der Waals surface area contributed by atoms with E-state index in [1.54, 1.807) is 52.8 Å². The van der Waals surface area contributed by atoms with Crippen LogP contribution in [0.5, 0.6) is 0 Å². The predicted molar refractivity (Wildman–Crippen MR) is 224 cm³/mol. The smallest absolute Gasteiger partial charge is 0.258 e. The molecule has 2 N–H and O–H groups in total. The summed E-state index contributed by atoms with van der Waals surface area (Å²) >= 11 is 1.64. The van der Waals surface area contributed by atoms with Gasteiger partial charge in [-0.05, 0) is 105 Å². The summed E-state index contributed by atoms with van der Waals surface area (Å²) in [5.41, 5.74) is 8.46. The summed E-state index contributed by atoms with van der Waals surface area (Å²) in [4.78, 5) is 38.6. The van der Waals surface area contributed by atoms with Crippen molar-refractivity contribution < 1.29 is 18.7 Å². The molecule has 2 fully saturated rings. The van der Waals surface area contributed by atoms with Crippen LogP contribution in [0.2, 0.25) is 0 Å². The first-order valence-electron chi connectivity index (χ1n) is 19.0. The number of aromatic nitrogens is 2. The summed E-state index contributed by atoms with van der Waals surface area (Å²) < 4.78 is 19.9. The standard InChI is InChI=1S/C28H21FN4O2S.C15H23NO.C2H6/c1-16(34)32-20-7-4-17(5-8-20)28(35)33-12-10-18-13-25(23-15-31-27-21(23)3-2-11-30-27)36-26(18)22-9-6-19(29)14-24(22)33;1-4-13(2)5-6-14(3)16-11-15(12-16)7-9-17-10-8-15;1-2/h2-9,11,13-15H,10,12H2,1H3,(H,30,31)(H,32,34);4-6H,3,7-12H2,1-2H3;1-2H3/b;6-5-,13-4-;. The number of halogens is 1. The van der Waals surface area contributed by atoms with E-state index in [0.29, 0.717) is 35.3 Å². The lowest BCUT2D eigenvalue weighted by Crippen LogP contribution is -2.57. The highest BCUT2D eigenvalue weighted by atomic mass is 32.1. The number of fused-ring (bicyclic) bond motifs is 4. The molecule has 10 heteroatoms. The van der Waals surface area contributed by atoms with Crippen LogP contribution >= 0.6 is 11.3 Å². The summed E-state index contributed by atoms with van der Waals surface area (Å²) in [7, 11) is 0. The molecule has 2 aromatic carbocycles. The third-order valence-corrected chi connectivity index (χ3v) is 11.6. The number of nitrogens with one attached hydrogen (secondary N) is 2. The molecule has 0 aliphatic carbocycles. The van der Waals surface area contributed by atoms with Crippen molar-refractivity contribution >= 4 is 45.6 Å². The van der Waals surface area contributed by atoms with Gasteiger partial charge < -0.3 is 24.8 Å². The summed E-state index contributed by atoms with van der Waals surface area (Å²) in [6.07, 6.45) is 13.2. The second-order valence-electron chi connectivity index (χ2n) is 14.0. The average molecular weight is 760 g/mol. The summed E-state index contributed by atoms with van der Waals surface area (Å²) in [5.74, 6) is -0.787. The number of anilines is 2. The average Bonchev–Trinajstić information content (AvgIpc) is 3.78. The minimum absolute atomic E-state index is 0.180. The summed E-state index contributed by atoms with van der Waals surface area (Å²) in [6, 6.07) is 17.5. The fourth-order valence-corrected chi connectivity index (χ4v) is 8.46. The monoisotopic (exact) mass is 759 g/mol. The number of thiophene rings is 1. The molecular weight excluding hydrogens is 710 g/mol. The number of H-pyrrole nitrogens is 1. The number of carbonyl (C=O) groups is 2. The van der Waals surface area contributed by atoms with E-state index in [1.807, 2.05) is 32.2 Å². The van der Waals surface area contributed by atoms with Crippen molar-refractivity contribution in [3.05, 3.63) is 126 Å². The van der Waals surface area contributed by atoms with Gasteiger partial charge in [0.25, 0.3) is 5.91 Å². The molecule has 8 nitrogen and oxygen atoms in total. The van der Waals surface area contributed by atoms with Crippen molar-refractivity contribution in [1.29, 1.82) is 0 Å². The molecule has 286 valence electrons. The minimum atomic E-state index is -0.393. The Kier molecular flexibility index (Phi) is 12.5. The third kappa shape index (κ3) is 8.82. The minimum Gasteiger partial charge on any atom is -0.381 e. The van der Waals surface area contributed by atoms with Gasteiger partial charge in [-0.15, -0.1) is 11.3 Å².